The molecule has 0 unspecified atom stereocenters. The Bertz CT molecular complexity index is 507. The highest BCUT2D eigenvalue weighted by molar-refractivity contribution is 5.26. The SMILES string of the molecule is Nc1nc(=O)n([C@H]2OC[C@H](O)[C@H](O)[C@H]2O)cc1F. The van der Waals surface area contributed by atoms with Crippen LogP contribution in [0.3, 0.4) is 0 Å². The van der Waals surface area contributed by atoms with E-state index in [1.54, 1.807) is 0 Å². The van der Waals surface area contributed by atoms with Gasteiger partial charge < -0.3 is 25.8 Å². The maximum atomic E-state index is 13.2. The van der Waals surface area contributed by atoms with Crippen molar-refractivity contribution in [1.82, 2.24) is 9.55 Å². The molecule has 5 N–H and O–H groups in total. The zero-order valence-electron chi connectivity index (χ0n) is 9.10. The van der Waals surface area contributed by atoms with Crippen LogP contribution in [0.2, 0.25) is 0 Å². The van der Waals surface area contributed by atoms with Gasteiger partial charge in [0.1, 0.15) is 18.3 Å². The molecule has 2 heterocycles. The first-order valence-electron chi connectivity index (χ1n) is 5.11. The third kappa shape index (κ3) is 2.08. The van der Waals surface area contributed by atoms with Crippen molar-refractivity contribution in [3.63, 3.8) is 0 Å². The smallest absolute Gasteiger partial charge is 0.351 e. The Hall–Kier alpha value is -1.55. The molecule has 2 rings (SSSR count). The van der Waals surface area contributed by atoms with Gasteiger partial charge in [-0.05, 0) is 0 Å². The van der Waals surface area contributed by atoms with E-state index in [2.05, 4.69) is 4.98 Å². The zero-order valence-corrected chi connectivity index (χ0v) is 9.10. The van der Waals surface area contributed by atoms with Crippen LogP contribution in [0.25, 0.3) is 0 Å². The average molecular weight is 261 g/mol. The minimum atomic E-state index is -1.59. The fourth-order valence-corrected chi connectivity index (χ4v) is 1.68. The maximum Gasteiger partial charge on any atom is 0.351 e. The molecule has 0 radical (unpaired) electrons. The first kappa shape index (κ1) is 12.9. The number of nitrogen functional groups attached to an aromatic ring is 1. The summed E-state index contributed by atoms with van der Waals surface area (Å²) in [5, 5.41) is 28.4. The van der Waals surface area contributed by atoms with Crippen LogP contribution in [-0.2, 0) is 4.74 Å². The molecule has 8 nitrogen and oxygen atoms in total. The number of rotatable bonds is 1. The van der Waals surface area contributed by atoms with E-state index in [0.29, 0.717) is 4.57 Å². The lowest BCUT2D eigenvalue weighted by Gasteiger charge is -2.35. The topological polar surface area (TPSA) is 131 Å². The van der Waals surface area contributed by atoms with Crippen molar-refractivity contribution >= 4 is 5.82 Å². The number of anilines is 1. The molecule has 0 amide bonds. The minimum absolute atomic E-state index is 0.304. The number of ether oxygens (including phenoxy) is 1. The van der Waals surface area contributed by atoms with Crippen LogP contribution in [0.5, 0.6) is 0 Å². The van der Waals surface area contributed by atoms with Gasteiger partial charge in [-0.2, -0.15) is 4.98 Å². The van der Waals surface area contributed by atoms with Gasteiger partial charge in [0.15, 0.2) is 17.9 Å². The summed E-state index contributed by atoms with van der Waals surface area (Å²) in [6.45, 7) is -0.304. The highest BCUT2D eigenvalue weighted by Gasteiger charge is 2.39. The predicted octanol–water partition coefficient (Wildman–Crippen LogP) is -2.42. The highest BCUT2D eigenvalue weighted by Crippen LogP contribution is 2.23. The summed E-state index contributed by atoms with van der Waals surface area (Å²) < 4.78 is 18.9. The third-order valence-corrected chi connectivity index (χ3v) is 2.68. The van der Waals surface area contributed by atoms with Crippen LogP contribution in [-0.4, -0.2) is 49.8 Å². The summed E-state index contributed by atoms with van der Waals surface area (Å²) in [4.78, 5) is 14.7. The van der Waals surface area contributed by atoms with Crippen molar-refractivity contribution in [3.8, 4) is 0 Å². The number of hydrogen-bond acceptors (Lipinski definition) is 7. The number of halogens is 1. The Morgan fingerprint density at radius 2 is 2.11 bits per heavy atom. The van der Waals surface area contributed by atoms with Crippen molar-refractivity contribution < 1.29 is 24.4 Å². The van der Waals surface area contributed by atoms with E-state index in [-0.39, 0.29) is 6.61 Å². The minimum Gasteiger partial charge on any atom is -0.388 e. The second-order valence-corrected chi connectivity index (χ2v) is 3.94. The van der Waals surface area contributed by atoms with E-state index >= 15 is 0 Å². The lowest BCUT2D eigenvalue weighted by molar-refractivity contribution is -0.212. The monoisotopic (exact) mass is 261 g/mol. The molecule has 4 atom stereocenters. The third-order valence-electron chi connectivity index (χ3n) is 2.68. The molecule has 1 aromatic heterocycles. The number of nitrogens with two attached hydrogens (primary N) is 1. The largest absolute Gasteiger partial charge is 0.388 e. The second kappa shape index (κ2) is 4.61. The Morgan fingerprint density at radius 3 is 2.78 bits per heavy atom. The summed E-state index contributed by atoms with van der Waals surface area (Å²) in [7, 11) is 0. The fraction of sp³-hybridized carbons (Fsp3) is 0.556. The predicted molar refractivity (Wildman–Crippen MR) is 55.9 cm³/mol. The van der Waals surface area contributed by atoms with E-state index in [9.17, 15) is 24.5 Å². The fourth-order valence-electron chi connectivity index (χ4n) is 1.68. The van der Waals surface area contributed by atoms with Gasteiger partial charge >= 0.3 is 5.69 Å². The Labute approximate surface area is 100 Å². The molecule has 0 aromatic carbocycles. The number of aliphatic hydroxyl groups is 3. The van der Waals surface area contributed by atoms with E-state index in [0.717, 1.165) is 6.20 Å². The summed E-state index contributed by atoms with van der Waals surface area (Å²) in [5.41, 5.74) is 4.18. The lowest BCUT2D eigenvalue weighted by atomic mass is 10.0. The molecule has 100 valence electrons. The van der Waals surface area contributed by atoms with Crippen molar-refractivity contribution in [2.24, 2.45) is 0 Å². The van der Waals surface area contributed by atoms with Crippen LogP contribution in [0.15, 0.2) is 11.0 Å². The second-order valence-electron chi connectivity index (χ2n) is 3.94. The molecule has 18 heavy (non-hydrogen) atoms. The molecular weight excluding hydrogens is 249 g/mol. The van der Waals surface area contributed by atoms with Gasteiger partial charge in [0.05, 0.1) is 12.8 Å². The molecule has 9 heteroatoms. The van der Waals surface area contributed by atoms with Crippen molar-refractivity contribution in [2.75, 3.05) is 12.3 Å². The molecule has 1 aromatic rings. The van der Waals surface area contributed by atoms with E-state index < -0.39 is 41.9 Å². The van der Waals surface area contributed by atoms with Gasteiger partial charge in [0, 0.05) is 0 Å². The van der Waals surface area contributed by atoms with Gasteiger partial charge in [-0.15, -0.1) is 0 Å². The maximum absolute atomic E-state index is 13.2. The average Bonchev–Trinajstić information content (AvgIpc) is 2.32. The normalized spacial score (nSPS) is 32.4. The first-order valence-corrected chi connectivity index (χ1v) is 5.11. The molecule has 0 aliphatic carbocycles. The van der Waals surface area contributed by atoms with Gasteiger partial charge in [0.2, 0.25) is 0 Å². The van der Waals surface area contributed by atoms with Crippen LogP contribution in [0, 0.1) is 5.82 Å². The summed E-state index contributed by atoms with van der Waals surface area (Å²) in [5.74, 6) is -1.52. The van der Waals surface area contributed by atoms with Crippen molar-refractivity contribution in [1.29, 1.82) is 0 Å². The molecule has 0 bridgehead atoms. The van der Waals surface area contributed by atoms with Crippen molar-refractivity contribution in [3.05, 3.63) is 22.5 Å². The van der Waals surface area contributed by atoms with Gasteiger partial charge in [-0.25, -0.2) is 9.18 Å². The van der Waals surface area contributed by atoms with Crippen LogP contribution in [0.4, 0.5) is 10.2 Å². The number of hydrogen-bond donors (Lipinski definition) is 4. The Kier molecular flexibility index (Phi) is 3.30. The van der Waals surface area contributed by atoms with E-state index in [4.69, 9.17) is 10.5 Å². The molecule has 1 aliphatic rings. The summed E-state index contributed by atoms with van der Waals surface area (Å²) in [6.07, 6.45) is -4.98. The van der Waals surface area contributed by atoms with Crippen LogP contribution >= 0.6 is 0 Å². The number of aromatic nitrogens is 2. The lowest BCUT2D eigenvalue weighted by Crippen LogP contribution is -2.52. The number of aliphatic hydroxyl groups excluding tert-OH is 3. The van der Waals surface area contributed by atoms with Gasteiger partial charge in [-0.1, -0.05) is 0 Å². The highest BCUT2D eigenvalue weighted by atomic mass is 19.1. The molecular formula is C9H12FN3O5. The number of nitrogens with zero attached hydrogens (tertiary/aromatic N) is 2. The summed E-state index contributed by atoms with van der Waals surface area (Å²) >= 11 is 0. The zero-order chi connectivity index (χ0) is 13.4. The Balaban J connectivity index is 2.37. The molecule has 1 saturated heterocycles. The Morgan fingerprint density at radius 1 is 1.44 bits per heavy atom. The van der Waals surface area contributed by atoms with E-state index in [1.165, 1.54) is 0 Å². The standard InChI is InChI=1S/C9H12FN3O5/c10-3-1-13(9(17)12-7(3)11)8-6(16)5(15)4(14)2-18-8/h1,4-6,8,14-16H,2H2,(H2,11,12,17)/t4-,5-,6+,8-/m0/s1. The molecule has 0 saturated carbocycles. The quantitative estimate of drug-likeness (QED) is 0.442. The van der Waals surface area contributed by atoms with Gasteiger partial charge in [-0.3, -0.25) is 4.57 Å². The molecule has 1 aliphatic heterocycles. The van der Waals surface area contributed by atoms with E-state index in [1.807, 2.05) is 0 Å². The van der Waals surface area contributed by atoms with Crippen LogP contribution in [0.1, 0.15) is 6.23 Å². The molecule has 0 spiro atoms. The van der Waals surface area contributed by atoms with Crippen LogP contribution < -0.4 is 11.4 Å². The van der Waals surface area contributed by atoms with Gasteiger partial charge in [0.25, 0.3) is 0 Å². The molecule has 1 fully saturated rings. The summed E-state index contributed by atoms with van der Waals surface area (Å²) in [6, 6.07) is 0. The first-order chi connectivity index (χ1) is 8.41. The van der Waals surface area contributed by atoms with Crippen molar-refractivity contribution in [2.45, 2.75) is 24.5 Å².